The highest BCUT2D eigenvalue weighted by Gasteiger charge is 2.38. The van der Waals surface area contributed by atoms with Crippen LogP contribution in [-0.4, -0.2) is 60.5 Å². The summed E-state index contributed by atoms with van der Waals surface area (Å²) in [4.78, 5) is 5.17. The Bertz CT molecular complexity index is 332. The molecule has 2 atom stereocenters. The average molecular weight is 297 g/mol. The third kappa shape index (κ3) is 5.51. The van der Waals surface area contributed by atoms with E-state index >= 15 is 0 Å². The molecule has 4 nitrogen and oxygen atoms in total. The van der Waals surface area contributed by atoms with E-state index in [-0.39, 0.29) is 11.0 Å². The molecule has 21 heavy (non-hydrogen) atoms. The number of ether oxygens (including phenoxy) is 1. The number of hydrogen-bond acceptors (Lipinski definition) is 4. The molecular weight excluding hydrogens is 262 g/mol. The van der Waals surface area contributed by atoms with Crippen LogP contribution < -0.4 is 5.32 Å². The van der Waals surface area contributed by atoms with Gasteiger partial charge in [-0.1, -0.05) is 20.8 Å². The molecule has 1 N–H and O–H groups in total. The van der Waals surface area contributed by atoms with Crippen molar-refractivity contribution in [1.82, 2.24) is 15.1 Å². The zero-order valence-electron chi connectivity index (χ0n) is 14.9. The van der Waals surface area contributed by atoms with Crippen molar-refractivity contribution in [2.75, 3.05) is 33.1 Å². The van der Waals surface area contributed by atoms with Crippen molar-refractivity contribution in [3.63, 3.8) is 0 Å². The summed E-state index contributed by atoms with van der Waals surface area (Å²) in [5.41, 5.74) is 0.462. The van der Waals surface area contributed by atoms with E-state index in [4.69, 9.17) is 4.74 Å². The van der Waals surface area contributed by atoms with Crippen molar-refractivity contribution in [1.29, 1.82) is 0 Å². The molecule has 124 valence electrons. The topological polar surface area (TPSA) is 27.7 Å². The first-order valence-corrected chi connectivity index (χ1v) is 8.45. The summed E-state index contributed by atoms with van der Waals surface area (Å²) >= 11 is 0. The second-order valence-electron chi connectivity index (χ2n) is 9.05. The van der Waals surface area contributed by atoms with Gasteiger partial charge in [-0.3, -0.25) is 15.1 Å². The molecule has 3 aliphatic heterocycles. The maximum absolute atomic E-state index is 5.93. The molecule has 4 heteroatoms. The van der Waals surface area contributed by atoms with Gasteiger partial charge in [0, 0.05) is 37.4 Å². The van der Waals surface area contributed by atoms with E-state index in [9.17, 15) is 0 Å². The number of nitrogens with zero attached hydrogens (tertiary/aromatic N) is 2. The van der Waals surface area contributed by atoms with Gasteiger partial charge in [-0.2, -0.15) is 0 Å². The van der Waals surface area contributed by atoms with Crippen LogP contribution in [0.25, 0.3) is 0 Å². The van der Waals surface area contributed by atoms with Crippen LogP contribution in [0.4, 0.5) is 0 Å². The minimum atomic E-state index is 0.201. The van der Waals surface area contributed by atoms with Crippen molar-refractivity contribution in [2.45, 2.75) is 72.0 Å². The fourth-order valence-electron chi connectivity index (χ4n) is 3.16. The van der Waals surface area contributed by atoms with Crippen LogP contribution in [0, 0.1) is 5.41 Å². The second-order valence-corrected chi connectivity index (χ2v) is 9.05. The summed E-state index contributed by atoms with van der Waals surface area (Å²) in [6.45, 7) is 18.4. The standard InChI is InChI=1S/C17H35N3O/c1-16(2,3)11-21-13-20-10-14-7-8-15(20)9-19(14)12-18-17(4,5)6/h14-15,18H,7-13H2,1-6H3. The molecule has 0 aromatic carbocycles. The number of fused-ring (bicyclic) bond motifs is 3. The quantitative estimate of drug-likeness (QED) is 0.844. The monoisotopic (exact) mass is 297 g/mol. The Kier molecular flexibility index (Phi) is 5.35. The second kappa shape index (κ2) is 6.53. The number of piperidine rings is 2. The summed E-state index contributed by atoms with van der Waals surface area (Å²) in [6.07, 6.45) is 2.67. The first-order valence-electron chi connectivity index (χ1n) is 8.45. The van der Waals surface area contributed by atoms with Gasteiger partial charge in [-0.05, 0) is 39.0 Å². The zero-order chi connectivity index (χ0) is 15.7. The maximum Gasteiger partial charge on any atom is 0.0993 e. The predicted molar refractivity (Wildman–Crippen MR) is 88.3 cm³/mol. The fraction of sp³-hybridized carbons (Fsp3) is 1.00. The first kappa shape index (κ1) is 17.2. The van der Waals surface area contributed by atoms with E-state index in [1.54, 1.807) is 0 Å². The Balaban J connectivity index is 1.76. The minimum Gasteiger partial charge on any atom is -0.366 e. The summed E-state index contributed by atoms with van der Waals surface area (Å²) in [5, 5.41) is 3.63. The first-order chi connectivity index (χ1) is 9.64. The minimum absolute atomic E-state index is 0.201. The molecule has 3 aliphatic rings. The summed E-state index contributed by atoms with van der Waals surface area (Å²) in [6, 6.07) is 1.37. The number of rotatable bonds is 5. The molecule has 0 saturated carbocycles. The van der Waals surface area contributed by atoms with Gasteiger partial charge in [0.15, 0.2) is 0 Å². The normalized spacial score (nSPS) is 28.3. The van der Waals surface area contributed by atoms with Gasteiger partial charge in [0.2, 0.25) is 0 Å². The molecule has 3 saturated heterocycles. The highest BCUT2D eigenvalue weighted by molar-refractivity contribution is 4.94. The van der Waals surface area contributed by atoms with Crippen LogP contribution in [0.2, 0.25) is 0 Å². The van der Waals surface area contributed by atoms with Crippen molar-refractivity contribution < 1.29 is 4.74 Å². The van der Waals surface area contributed by atoms with Crippen molar-refractivity contribution in [3.8, 4) is 0 Å². The van der Waals surface area contributed by atoms with Gasteiger partial charge < -0.3 is 4.74 Å². The average Bonchev–Trinajstić information content (AvgIpc) is 2.35. The zero-order valence-corrected chi connectivity index (χ0v) is 14.9. The van der Waals surface area contributed by atoms with Gasteiger partial charge in [0.05, 0.1) is 13.3 Å². The van der Waals surface area contributed by atoms with Gasteiger partial charge in [-0.15, -0.1) is 0 Å². The summed E-state index contributed by atoms with van der Waals surface area (Å²) in [5.74, 6) is 0. The molecule has 0 aromatic heterocycles. The van der Waals surface area contributed by atoms with Crippen LogP contribution in [0.3, 0.4) is 0 Å². The molecule has 2 bridgehead atoms. The van der Waals surface area contributed by atoms with Crippen molar-refractivity contribution in [2.24, 2.45) is 5.41 Å². The van der Waals surface area contributed by atoms with E-state index in [2.05, 4.69) is 56.7 Å². The van der Waals surface area contributed by atoms with Gasteiger partial charge in [0.25, 0.3) is 0 Å². The van der Waals surface area contributed by atoms with Crippen LogP contribution in [0.1, 0.15) is 54.4 Å². The van der Waals surface area contributed by atoms with Gasteiger partial charge in [0.1, 0.15) is 0 Å². The molecule has 3 fully saturated rings. The molecule has 0 aliphatic carbocycles. The van der Waals surface area contributed by atoms with Crippen LogP contribution in [0.15, 0.2) is 0 Å². The summed E-state index contributed by atoms with van der Waals surface area (Å²) in [7, 11) is 0. The highest BCUT2D eigenvalue weighted by Crippen LogP contribution is 2.28. The van der Waals surface area contributed by atoms with E-state index in [1.165, 1.54) is 25.9 Å². The molecule has 0 aromatic rings. The number of nitrogens with one attached hydrogen (secondary N) is 1. The molecular formula is C17H35N3O. The Labute approximate surface area is 131 Å². The maximum atomic E-state index is 5.93. The van der Waals surface area contributed by atoms with Crippen LogP contribution >= 0.6 is 0 Å². The van der Waals surface area contributed by atoms with Crippen molar-refractivity contribution in [3.05, 3.63) is 0 Å². The van der Waals surface area contributed by atoms with E-state index in [0.717, 1.165) is 20.0 Å². The lowest BCUT2D eigenvalue weighted by atomic mass is 9.91. The Morgan fingerprint density at radius 3 is 2.00 bits per heavy atom. The smallest absolute Gasteiger partial charge is 0.0993 e. The Morgan fingerprint density at radius 1 is 0.952 bits per heavy atom. The van der Waals surface area contributed by atoms with Crippen molar-refractivity contribution >= 4 is 0 Å². The Hall–Kier alpha value is -0.160. The highest BCUT2D eigenvalue weighted by atomic mass is 16.5. The lowest BCUT2D eigenvalue weighted by molar-refractivity contribution is -0.0921. The van der Waals surface area contributed by atoms with Crippen LogP contribution in [-0.2, 0) is 4.74 Å². The molecule has 0 radical (unpaired) electrons. The molecule has 2 unspecified atom stereocenters. The lowest BCUT2D eigenvalue weighted by Crippen LogP contribution is -2.64. The molecule has 3 rings (SSSR count). The predicted octanol–water partition coefficient (Wildman–Crippen LogP) is 2.50. The third-order valence-corrected chi connectivity index (χ3v) is 4.36. The number of piperazine rings is 1. The van der Waals surface area contributed by atoms with E-state index in [1.807, 2.05) is 0 Å². The Morgan fingerprint density at radius 2 is 1.52 bits per heavy atom. The number of hydrogen-bond donors (Lipinski definition) is 1. The molecule has 0 amide bonds. The van der Waals surface area contributed by atoms with Gasteiger partial charge >= 0.3 is 0 Å². The fourth-order valence-corrected chi connectivity index (χ4v) is 3.16. The van der Waals surface area contributed by atoms with E-state index in [0.29, 0.717) is 12.1 Å². The lowest BCUT2D eigenvalue weighted by Gasteiger charge is -2.51. The van der Waals surface area contributed by atoms with E-state index < -0.39 is 0 Å². The van der Waals surface area contributed by atoms with Gasteiger partial charge in [-0.25, -0.2) is 0 Å². The SMILES string of the molecule is CC(C)(C)COCN1CC2CCC1CN2CNC(C)(C)C. The largest absolute Gasteiger partial charge is 0.366 e. The third-order valence-electron chi connectivity index (χ3n) is 4.36. The molecule has 0 spiro atoms. The van der Waals surface area contributed by atoms with Crippen LogP contribution in [0.5, 0.6) is 0 Å². The summed E-state index contributed by atoms with van der Waals surface area (Å²) < 4.78 is 5.93. The molecule has 3 heterocycles.